The summed E-state index contributed by atoms with van der Waals surface area (Å²) >= 11 is 0. The Hall–Kier alpha value is -8.34. The molecule has 11 aromatic rings. The minimum absolute atomic E-state index is 0.305. The van der Waals surface area contributed by atoms with Crippen LogP contribution in [0.2, 0.25) is 0 Å². The van der Waals surface area contributed by atoms with Crippen molar-refractivity contribution in [2.24, 2.45) is 0 Å². The first kappa shape index (κ1) is 38.3. The topological polar surface area (TPSA) is 6.48 Å². The maximum absolute atomic E-state index is 16.4. The lowest BCUT2D eigenvalue weighted by Gasteiger charge is -2.36. The Bertz CT molecular complexity index is 3530. The number of fused-ring (bicyclic) bond motifs is 10. The van der Waals surface area contributed by atoms with Gasteiger partial charge in [-0.1, -0.05) is 176 Å². The average molecular weight is 839 g/mol. The second-order valence-corrected chi connectivity index (χ2v) is 16.6. The summed E-state index contributed by atoms with van der Waals surface area (Å²) in [4.78, 5) is 4.08. The molecule has 0 heterocycles. The van der Waals surface area contributed by atoms with E-state index >= 15 is 8.78 Å². The predicted octanol–water partition coefficient (Wildman–Crippen LogP) is 16.7. The number of rotatable bonds is 8. The van der Waals surface area contributed by atoms with Crippen LogP contribution in [0.25, 0.3) is 43.4 Å². The van der Waals surface area contributed by atoms with E-state index in [1.165, 1.54) is 17.7 Å². The van der Waals surface area contributed by atoms with Crippen molar-refractivity contribution in [1.29, 1.82) is 0 Å². The monoisotopic (exact) mass is 838 g/mol. The molecule has 0 amide bonds. The summed E-state index contributed by atoms with van der Waals surface area (Å²) in [6.07, 6.45) is 0. The first-order valence-corrected chi connectivity index (χ1v) is 22.0. The van der Waals surface area contributed by atoms with Crippen LogP contribution in [-0.4, -0.2) is 0 Å². The van der Waals surface area contributed by atoms with Gasteiger partial charge in [0.2, 0.25) is 0 Å². The molecule has 2 nitrogen and oxygen atoms in total. The number of benzene rings is 11. The van der Waals surface area contributed by atoms with E-state index in [0.29, 0.717) is 11.4 Å². The Labute approximate surface area is 376 Å². The zero-order valence-electron chi connectivity index (χ0n) is 35.2. The minimum Gasteiger partial charge on any atom is -0.308 e. The van der Waals surface area contributed by atoms with E-state index in [0.717, 1.165) is 82.9 Å². The number of para-hydroxylation sites is 4. The third-order valence-electron chi connectivity index (χ3n) is 13.2. The number of hydrogen-bond acceptors (Lipinski definition) is 2. The molecule has 0 fully saturated rings. The van der Waals surface area contributed by atoms with E-state index in [1.807, 2.05) is 89.8 Å². The van der Waals surface area contributed by atoms with E-state index in [1.54, 1.807) is 12.1 Å². The van der Waals surface area contributed by atoms with Crippen molar-refractivity contribution >= 4 is 66.4 Å². The van der Waals surface area contributed by atoms with Gasteiger partial charge in [-0.2, -0.15) is 0 Å². The second kappa shape index (κ2) is 15.5. The molecule has 12 rings (SSSR count). The molecule has 0 atom stereocenters. The van der Waals surface area contributed by atoms with Gasteiger partial charge in [0, 0.05) is 22.4 Å². The SMILES string of the molecule is Fc1ccccc1N(c1ccccc1)c1ccc2c3c(c4ccccc4c2c1)-c1c(cc(N(c2ccccc2)c2ccccc2F)c2ccccc12)C3(c1ccccc1)c1ccccc1. The van der Waals surface area contributed by atoms with Gasteiger partial charge in [-0.05, 0) is 127 Å². The fraction of sp³-hybridized carbons (Fsp3) is 0.0164. The van der Waals surface area contributed by atoms with Gasteiger partial charge in [0.25, 0.3) is 0 Å². The first-order valence-electron chi connectivity index (χ1n) is 22.0. The quantitative estimate of drug-likeness (QED) is 0.141. The highest BCUT2D eigenvalue weighted by Gasteiger charge is 2.49. The molecule has 65 heavy (non-hydrogen) atoms. The van der Waals surface area contributed by atoms with Crippen LogP contribution in [0, 0.1) is 11.6 Å². The lowest BCUT2D eigenvalue weighted by Crippen LogP contribution is -2.29. The van der Waals surface area contributed by atoms with E-state index in [9.17, 15) is 0 Å². The second-order valence-electron chi connectivity index (χ2n) is 16.6. The van der Waals surface area contributed by atoms with Crippen molar-refractivity contribution in [2.75, 3.05) is 9.80 Å². The molecule has 0 spiro atoms. The Morgan fingerprint density at radius 1 is 0.292 bits per heavy atom. The summed E-state index contributed by atoms with van der Waals surface area (Å²) < 4.78 is 32.4. The largest absolute Gasteiger partial charge is 0.308 e. The molecule has 0 aliphatic heterocycles. The van der Waals surface area contributed by atoms with Gasteiger partial charge in [0.1, 0.15) is 11.6 Å². The summed E-state index contributed by atoms with van der Waals surface area (Å²) in [7, 11) is 0. The summed E-state index contributed by atoms with van der Waals surface area (Å²) in [6.45, 7) is 0. The molecule has 1 aliphatic rings. The molecular weight excluding hydrogens is 799 g/mol. The zero-order chi connectivity index (χ0) is 43.5. The van der Waals surface area contributed by atoms with Crippen LogP contribution in [-0.2, 0) is 5.41 Å². The number of hydrogen-bond donors (Lipinski definition) is 0. The first-order chi connectivity index (χ1) is 32.1. The molecule has 0 aromatic heterocycles. The minimum atomic E-state index is -0.849. The highest BCUT2D eigenvalue weighted by Crippen LogP contribution is 2.63. The van der Waals surface area contributed by atoms with Crippen molar-refractivity contribution in [1.82, 2.24) is 0 Å². The van der Waals surface area contributed by atoms with Crippen molar-refractivity contribution in [3.8, 4) is 11.1 Å². The molecule has 11 aromatic carbocycles. The molecule has 0 saturated carbocycles. The van der Waals surface area contributed by atoms with Gasteiger partial charge < -0.3 is 9.80 Å². The molecule has 0 bridgehead atoms. The van der Waals surface area contributed by atoms with E-state index in [-0.39, 0.29) is 11.6 Å². The van der Waals surface area contributed by atoms with Crippen molar-refractivity contribution < 1.29 is 8.78 Å². The molecule has 1 aliphatic carbocycles. The smallest absolute Gasteiger partial charge is 0.147 e. The Balaban J connectivity index is 1.26. The Kier molecular flexibility index (Phi) is 9.13. The van der Waals surface area contributed by atoms with Crippen molar-refractivity contribution in [2.45, 2.75) is 5.41 Å². The fourth-order valence-corrected chi connectivity index (χ4v) is 10.6. The molecule has 0 saturated heterocycles. The van der Waals surface area contributed by atoms with Crippen LogP contribution in [0.5, 0.6) is 0 Å². The standard InChI is InChI=1S/C61H40F2N2/c62-53-33-17-19-35-55(53)64(43-25-9-3-10-26-43)45-37-38-50-51(39-45)46-29-13-15-31-48(46)59-58-49-32-16-14-30-47(49)57(65(44-27-11-4-12-28-44)56-36-20-18-34-54(56)63)40-52(58)61(60(50)59,41-21-5-1-6-22-41)42-23-7-2-8-24-42/h1-40H. The molecule has 308 valence electrons. The number of anilines is 6. The number of nitrogens with zero attached hydrogens (tertiary/aromatic N) is 2. The van der Waals surface area contributed by atoms with Crippen molar-refractivity contribution in [3.05, 3.63) is 277 Å². The summed E-state index contributed by atoms with van der Waals surface area (Å²) in [5.74, 6) is -0.616. The predicted molar refractivity (Wildman–Crippen MR) is 266 cm³/mol. The third-order valence-corrected chi connectivity index (χ3v) is 13.2. The maximum atomic E-state index is 16.4. The van der Waals surface area contributed by atoms with Gasteiger partial charge >= 0.3 is 0 Å². The maximum Gasteiger partial charge on any atom is 0.147 e. The Morgan fingerprint density at radius 2 is 0.738 bits per heavy atom. The number of halogens is 2. The third kappa shape index (κ3) is 5.91. The highest BCUT2D eigenvalue weighted by molar-refractivity contribution is 6.24. The van der Waals surface area contributed by atoms with Crippen LogP contribution < -0.4 is 9.80 Å². The molecule has 0 unspecified atom stereocenters. The molecular formula is C61H40F2N2. The van der Waals surface area contributed by atoms with E-state index in [2.05, 4.69) is 138 Å². The normalized spacial score (nSPS) is 12.6. The van der Waals surface area contributed by atoms with Crippen LogP contribution in [0.15, 0.2) is 243 Å². The van der Waals surface area contributed by atoms with Crippen LogP contribution >= 0.6 is 0 Å². The van der Waals surface area contributed by atoms with Gasteiger partial charge in [0.05, 0.1) is 22.5 Å². The zero-order valence-corrected chi connectivity index (χ0v) is 35.2. The molecule has 4 heteroatoms. The van der Waals surface area contributed by atoms with E-state index < -0.39 is 5.41 Å². The summed E-state index contributed by atoms with van der Waals surface area (Å²) in [6, 6.07) is 82.0. The Morgan fingerprint density at radius 3 is 1.31 bits per heavy atom. The van der Waals surface area contributed by atoms with Crippen LogP contribution in [0.1, 0.15) is 22.3 Å². The molecule has 0 N–H and O–H groups in total. The van der Waals surface area contributed by atoms with Gasteiger partial charge in [-0.3, -0.25) is 0 Å². The van der Waals surface area contributed by atoms with Gasteiger partial charge in [-0.15, -0.1) is 0 Å². The van der Waals surface area contributed by atoms with Crippen LogP contribution in [0.4, 0.5) is 42.9 Å². The van der Waals surface area contributed by atoms with Crippen LogP contribution in [0.3, 0.4) is 0 Å². The average Bonchev–Trinajstić information content (AvgIpc) is 3.69. The van der Waals surface area contributed by atoms with E-state index in [4.69, 9.17) is 0 Å². The fourth-order valence-electron chi connectivity index (χ4n) is 10.6. The van der Waals surface area contributed by atoms with Gasteiger partial charge in [0.15, 0.2) is 0 Å². The van der Waals surface area contributed by atoms with Gasteiger partial charge in [-0.25, -0.2) is 8.78 Å². The lowest BCUT2D eigenvalue weighted by atomic mass is 9.66. The summed E-state index contributed by atoms with van der Waals surface area (Å²) in [5.41, 5.74) is 10.3. The van der Waals surface area contributed by atoms with Crippen molar-refractivity contribution in [3.63, 3.8) is 0 Å². The summed E-state index contributed by atoms with van der Waals surface area (Å²) in [5, 5.41) is 6.43. The highest BCUT2D eigenvalue weighted by atomic mass is 19.1. The molecule has 0 radical (unpaired) electrons. The lowest BCUT2D eigenvalue weighted by molar-refractivity contribution is 0.628.